The molecular formula is C21H24N2O3. The van der Waals surface area contributed by atoms with Gasteiger partial charge in [0.05, 0.1) is 19.1 Å². The highest BCUT2D eigenvalue weighted by Gasteiger charge is 2.41. The van der Waals surface area contributed by atoms with Crippen molar-refractivity contribution in [2.45, 2.75) is 25.4 Å². The summed E-state index contributed by atoms with van der Waals surface area (Å²) in [6, 6.07) is 19.4. The Morgan fingerprint density at radius 1 is 1.12 bits per heavy atom. The molecule has 26 heavy (non-hydrogen) atoms. The van der Waals surface area contributed by atoms with Gasteiger partial charge in [0.2, 0.25) is 5.91 Å². The van der Waals surface area contributed by atoms with Crippen LogP contribution in [0.3, 0.4) is 0 Å². The molecule has 136 valence electrons. The molecular weight excluding hydrogens is 328 g/mol. The Kier molecular flexibility index (Phi) is 5.68. The van der Waals surface area contributed by atoms with E-state index < -0.39 is 0 Å². The Hall–Kier alpha value is -2.66. The summed E-state index contributed by atoms with van der Waals surface area (Å²) in [6.07, 6.45) is 0.889. The van der Waals surface area contributed by atoms with Gasteiger partial charge in [-0.2, -0.15) is 0 Å². The molecule has 5 nitrogen and oxygen atoms in total. The van der Waals surface area contributed by atoms with E-state index in [0.29, 0.717) is 19.4 Å². The van der Waals surface area contributed by atoms with Crippen LogP contribution in [0.1, 0.15) is 30.0 Å². The minimum atomic E-state index is -0.330. The number of hydrogen-bond donors (Lipinski definition) is 0. The van der Waals surface area contributed by atoms with Gasteiger partial charge in [0.25, 0.3) is 5.91 Å². The molecule has 2 amide bonds. The second-order valence-electron chi connectivity index (χ2n) is 6.53. The Bertz CT molecular complexity index is 748. The van der Waals surface area contributed by atoms with Crippen LogP contribution in [0.4, 0.5) is 0 Å². The van der Waals surface area contributed by atoms with Crippen molar-refractivity contribution < 1.29 is 14.4 Å². The van der Waals surface area contributed by atoms with Crippen molar-refractivity contribution in [3.63, 3.8) is 0 Å². The van der Waals surface area contributed by atoms with Crippen LogP contribution in [0.5, 0.6) is 0 Å². The molecule has 2 aromatic carbocycles. The highest BCUT2D eigenvalue weighted by Crippen LogP contribution is 2.38. The molecule has 0 bridgehead atoms. The Morgan fingerprint density at radius 3 is 2.35 bits per heavy atom. The van der Waals surface area contributed by atoms with E-state index in [2.05, 4.69) is 0 Å². The zero-order chi connectivity index (χ0) is 18.5. The SMILES string of the molecule is CON(C)C(=O)[C@@H]1CCC(=O)N(Cc2ccccc2)[C@H]1c1ccccc1. The number of benzene rings is 2. The maximum atomic E-state index is 12.9. The monoisotopic (exact) mass is 352 g/mol. The van der Waals surface area contributed by atoms with E-state index in [1.807, 2.05) is 65.6 Å². The van der Waals surface area contributed by atoms with Crippen LogP contribution in [-0.2, 0) is 21.0 Å². The lowest BCUT2D eigenvalue weighted by Gasteiger charge is -2.41. The minimum Gasteiger partial charge on any atom is -0.331 e. The highest BCUT2D eigenvalue weighted by atomic mass is 16.7. The van der Waals surface area contributed by atoms with E-state index in [1.165, 1.54) is 12.2 Å². The number of piperidine rings is 1. The van der Waals surface area contributed by atoms with E-state index in [-0.39, 0.29) is 23.8 Å². The minimum absolute atomic E-state index is 0.0758. The van der Waals surface area contributed by atoms with Crippen LogP contribution >= 0.6 is 0 Å². The van der Waals surface area contributed by atoms with Gasteiger partial charge in [0.1, 0.15) is 0 Å². The van der Waals surface area contributed by atoms with Gasteiger partial charge in [-0.1, -0.05) is 60.7 Å². The predicted octanol–water partition coefficient (Wildman–Crippen LogP) is 3.19. The van der Waals surface area contributed by atoms with Crippen molar-refractivity contribution in [3.05, 3.63) is 71.8 Å². The van der Waals surface area contributed by atoms with Gasteiger partial charge < -0.3 is 4.90 Å². The number of rotatable bonds is 5. The number of nitrogens with zero attached hydrogens (tertiary/aromatic N) is 2. The third kappa shape index (κ3) is 3.78. The normalized spacial score (nSPS) is 20.1. The lowest BCUT2D eigenvalue weighted by molar-refractivity contribution is -0.178. The number of hydrogen-bond acceptors (Lipinski definition) is 3. The van der Waals surface area contributed by atoms with Crippen molar-refractivity contribution in [2.75, 3.05) is 14.2 Å². The zero-order valence-corrected chi connectivity index (χ0v) is 15.2. The average molecular weight is 352 g/mol. The van der Waals surface area contributed by atoms with Gasteiger partial charge in [-0.25, -0.2) is 5.06 Å². The number of amides is 2. The van der Waals surface area contributed by atoms with E-state index in [0.717, 1.165) is 11.1 Å². The van der Waals surface area contributed by atoms with Crippen LogP contribution in [0, 0.1) is 5.92 Å². The van der Waals surface area contributed by atoms with Crippen LogP contribution in [0.25, 0.3) is 0 Å². The molecule has 0 N–H and O–H groups in total. The molecule has 1 heterocycles. The standard InChI is InChI=1S/C21H24N2O3/c1-22(26-2)21(25)18-13-14-19(24)23(15-16-9-5-3-6-10-16)20(18)17-11-7-4-8-12-17/h3-12,18,20H,13-15H2,1-2H3/t18-,20+/m1/s1. The fourth-order valence-corrected chi connectivity index (χ4v) is 3.56. The Labute approximate surface area is 154 Å². The molecule has 1 fully saturated rings. The third-order valence-corrected chi connectivity index (χ3v) is 4.94. The Balaban J connectivity index is 1.98. The molecule has 0 unspecified atom stereocenters. The first-order valence-corrected chi connectivity index (χ1v) is 8.82. The van der Waals surface area contributed by atoms with Crippen molar-refractivity contribution in [1.29, 1.82) is 0 Å². The second-order valence-corrected chi connectivity index (χ2v) is 6.53. The molecule has 1 saturated heterocycles. The number of likely N-dealkylation sites (tertiary alicyclic amines) is 1. The lowest BCUT2D eigenvalue weighted by atomic mass is 9.83. The number of hydroxylamine groups is 2. The predicted molar refractivity (Wildman–Crippen MR) is 98.7 cm³/mol. The third-order valence-electron chi connectivity index (χ3n) is 4.94. The molecule has 3 rings (SSSR count). The number of carbonyl (C=O) groups excluding carboxylic acids is 2. The van der Waals surface area contributed by atoms with Crippen molar-refractivity contribution >= 4 is 11.8 Å². The molecule has 1 aliphatic rings. The largest absolute Gasteiger partial charge is 0.331 e. The molecule has 0 spiro atoms. The fourth-order valence-electron chi connectivity index (χ4n) is 3.56. The summed E-state index contributed by atoms with van der Waals surface area (Å²) in [5, 5.41) is 1.26. The van der Waals surface area contributed by atoms with E-state index in [4.69, 9.17) is 4.84 Å². The first-order valence-electron chi connectivity index (χ1n) is 8.82. The summed E-state index contributed by atoms with van der Waals surface area (Å²) in [6.45, 7) is 0.486. The van der Waals surface area contributed by atoms with E-state index >= 15 is 0 Å². The van der Waals surface area contributed by atoms with Crippen molar-refractivity contribution in [3.8, 4) is 0 Å². The summed E-state index contributed by atoms with van der Waals surface area (Å²) in [5.74, 6) is -0.359. The summed E-state index contributed by atoms with van der Waals surface area (Å²) in [5.41, 5.74) is 2.02. The van der Waals surface area contributed by atoms with Crippen molar-refractivity contribution in [2.24, 2.45) is 5.92 Å². The molecule has 5 heteroatoms. The quantitative estimate of drug-likeness (QED) is 0.777. The molecule has 0 aliphatic carbocycles. The lowest BCUT2D eigenvalue weighted by Crippen LogP contribution is -2.47. The maximum absolute atomic E-state index is 12.9. The van der Waals surface area contributed by atoms with Gasteiger partial charge in [-0.05, 0) is 17.5 Å². The van der Waals surface area contributed by atoms with Crippen LogP contribution in [0.15, 0.2) is 60.7 Å². The van der Waals surface area contributed by atoms with Crippen LogP contribution < -0.4 is 0 Å². The molecule has 2 aromatic rings. The second kappa shape index (κ2) is 8.15. The first-order chi connectivity index (χ1) is 12.6. The van der Waals surface area contributed by atoms with Gasteiger partial charge in [0, 0.05) is 20.0 Å². The van der Waals surface area contributed by atoms with Crippen LogP contribution in [0.2, 0.25) is 0 Å². The molecule has 0 saturated carbocycles. The van der Waals surface area contributed by atoms with Crippen molar-refractivity contribution in [1.82, 2.24) is 9.96 Å². The van der Waals surface area contributed by atoms with Gasteiger partial charge in [0.15, 0.2) is 0 Å². The number of carbonyl (C=O) groups is 2. The maximum Gasteiger partial charge on any atom is 0.251 e. The first kappa shape index (κ1) is 18.1. The molecule has 1 aliphatic heterocycles. The summed E-state index contributed by atoms with van der Waals surface area (Å²) in [4.78, 5) is 32.6. The van der Waals surface area contributed by atoms with E-state index in [1.54, 1.807) is 7.05 Å². The Morgan fingerprint density at radius 2 is 1.73 bits per heavy atom. The molecule has 0 aromatic heterocycles. The molecule has 0 radical (unpaired) electrons. The van der Waals surface area contributed by atoms with Gasteiger partial charge in [-0.15, -0.1) is 0 Å². The zero-order valence-electron chi connectivity index (χ0n) is 15.2. The summed E-state index contributed by atoms with van der Waals surface area (Å²) < 4.78 is 0. The van der Waals surface area contributed by atoms with Gasteiger partial charge >= 0.3 is 0 Å². The van der Waals surface area contributed by atoms with E-state index in [9.17, 15) is 9.59 Å². The van der Waals surface area contributed by atoms with Gasteiger partial charge in [-0.3, -0.25) is 14.4 Å². The van der Waals surface area contributed by atoms with Crippen LogP contribution in [-0.4, -0.2) is 35.9 Å². The fraction of sp³-hybridized carbons (Fsp3) is 0.333. The topological polar surface area (TPSA) is 49.9 Å². The molecule has 2 atom stereocenters. The summed E-state index contributed by atoms with van der Waals surface area (Å²) in [7, 11) is 3.09. The summed E-state index contributed by atoms with van der Waals surface area (Å²) >= 11 is 0. The highest BCUT2D eigenvalue weighted by molar-refractivity contribution is 5.84. The smallest absolute Gasteiger partial charge is 0.251 e. The average Bonchev–Trinajstić information content (AvgIpc) is 2.69.